The average molecular weight is 280 g/mol. The van der Waals surface area contributed by atoms with Crippen LogP contribution in [0.15, 0.2) is 0 Å². The first-order chi connectivity index (χ1) is 9.66. The molecule has 3 unspecified atom stereocenters. The van der Waals surface area contributed by atoms with Crippen LogP contribution in [0.1, 0.15) is 64.7 Å². The van der Waals surface area contributed by atoms with E-state index in [1.54, 1.807) is 0 Å². The van der Waals surface area contributed by atoms with Crippen molar-refractivity contribution >= 4 is 0 Å². The van der Waals surface area contributed by atoms with E-state index in [0.29, 0.717) is 6.04 Å². The third-order valence-electron chi connectivity index (χ3n) is 6.08. The highest BCUT2D eigenvalue weighted by Crippen LogP contribution is 2.34. The summed E-state index contributed by atoms with van der Waals surface area (Å²) in [5, 5.41) is 18.1. The Balaban J connectivity index is 1.49. The van der Waals surface area contributed by atoms with E-state index < -0.39 is 5.60 Å². The van der Waals surface area contributed by atoms with E-state index in [1.807, 2.05) is 0 Å². The zero-order valence-electron chi connectivity index (χ0n) is 13.0. The lowest BCUT2D eigenvalue weighted by Gasteiger charge is -2.37. The third-order valence-corrected chi connectivity index (χ3v) is 6.08. The van der Waals surface area contributed by atoms with Crippen LogP contribution in [0.25, 0.3) is 0 Å². The molecule has 1 saturated heterocycles. The minimum absolute atomic E-state index is 0.428. The van der Waals surface area contributed by atoms with Crippen LogP contribution >= 0.6 is 0 Å². The van der Waals surface area contributed by atoms with Crippen molar-refractivity contribution in [3.63, 3.8) is 0 Å². The fourth-order valence-electron chi connectivity index (χ4n) is 4.60. The molecule has 3 nitrogen and oxygen atoms in total. The second-order valence-electron chi connectivity index (χ2n) is 7.69. The van der Waals surface area contributed by atoms with Crippen molar-refractivity contribution in [2.45, 2.75) is 82.4 Å². The number of hydrogen-bond acceptors (Lipinski definition) is 3. The Kier molecular flexibility index (Phi) is 4.68. The number of hydrogen-bond donors (Lipinski definition) is 3. The lowest BCUT2D eigenvalue weighted by Crippen LogP contribution is -2.49. The number of aliphatic hydroxyl groups is 1. The van der Waals surface area contributed by atoms with Crippen molar-refractivity contribution < 1.29 is 5.11 Å². The molecule has 116 valence electrons. The quantitative estimate of drug-likeness (QED) is 0.741. The van der Waals surface area contributed by atoms with Crippen LogP contribution in [-0.2, 0) is 0 Å². The van der Waals surface area contributed by atoms with E-state index in [1.165, 1.54) is 51.5 Å². The van der Waals surface area contributed by atoms with Gasteiger partial charge in [-0.05, 0) is 69.7 Å². The summed E-state index contributed by atoms with van der Waals surface area (Å²) >= 11 is 0. The highest BCUT2D eigenvalue weighted by Gasteiger charge is 2.37. The summed E-state index contributed by atoms with van der Waals surface area (Å²) in [6.45, 7) is 4.33. The highest BCUT2D eigenvalue weighted by molar-refractivity contribution is 4.95. The zero-order chi connectivity index (χ0) is 14.0. The molecule has 3 fully saturated rings. The van der Waals surface area contributed by atoms with Gasteiger partial charge in [0.1, 0.15) is 0 Å². The largest absolute Gasteiger partial charge is 0.389 e. The predicted octanol–water partition coefficient (Wildman–Crippen LogP) is 2.44. The monoisotopic (exact) mass is 280 g/mol. The zero-order valence-corrected chi connectivity index (χ0v) is 13.0. The lowest BCUT2D eigenvalue weighted by molar-refractivity contribution is -0.00938. The smallest absolute Gasteiger partial charge is 0.0771 e. The van der Waals surface area contributed by atoms with E-state index in [-0.39, 0.29) is 0 Å². The third kappa shape index (κ3) is 3.37. The molecule has 3 heteroatoms. The van der Waals surface area contributed by atoms with E-state index >= 15 is 0 Å². The summed E-state index contributed by atoms with van der Waals surface area (Å²) in [4.78, 5) is 0. The van der Waals surface area contributed by atoms with Crippen LogP contribution in [0.3, 0.4) is 0 Å². The van der Waals surface area contributed by atoms with Gasteiger partial charge in [-0.25, -0.2) is 0 Å². The summed E-state index contributed by atoms with van der Waals surface area (Å²) in [7, 11) is 0. The van der Waals surface area contributed by atoms with Gasteiger partial charge in [-0.2, -0.15) is 0 Å². The van der Waals surface area contributed by atoms with Crippen LogP contribution in [0.2, 0.25) is 0 Å². The summed E-state index contributed by atoms with van der Waals surface area (Å²) in [5.41, 5.74) is -0.428. The molecule has 0 aromatic carbocycles. The van der Waals surface area contributed by atoms with Crippen molar-refractivity contribution in [2.75, 3.05) is 13.1 Å². The molecule has 0 aromatic heterocycles. The molecule has 1 aliphatic heterocycles. The van der Waals surface area contributed by atoms with Gasteiger partial charge in [0, 0.05) is 18.6 Å². The summed E-state index contributed by atoms with van der Waals surface area (Å²) < 4.78 is 0. The summed E-state index contributed by atoms with van der Waals surface area (Å²) in [6.07, 6.45) is 11.1. The van der Waals surface area contributed by atoms with Crippen LogP contribution in [0.5, 0.6) is 0 Å². The normalized spacial score (nSPS) is 45.9. The molecule has 0 bridgehead atoms. The Morgan fingerprint density at radius 3 is 2.60 bits per heavy atom. The molecular formula is C17H32N2O. The molecule has 3 rings (SSSR count). The lowest BCUT2D eigenvalue weighted by atomic mass is 9.79. The Hall–Kier alpha value is -0.120. The topological polar surface area (TPSA) is 44.3 Å². The summed E-state index contributed by atoms with van der Waals surface area (Å²) in [6, 6.07) is 1.37. The van der Waals surface area contributed by atoms with Gasteiger partial charge < -0.3 is 15.7 Å². The molecular weight excluding hydrogens is 248 g/mol. The highest BCUT2D eigenvalue weighted by atomic mass is 16.3. The molecule has 0 amide bonds. The van der Waals surface area contributed by atoms with Crippen molar-refractivity contribution in [3.8, 4) is 0 Å². The number of rotatable bonds is 4. The minimum Gasteiger partial charge on any atom is -0.389 e. The second-order valence-corrected chi connectivity index (χ2v) is 7.69. The van der Waals surface area contributed by atoms with Crippen LogP contribution in [0.4, 0.5) is 0 Å². The van der Waals surface area contributed by atoms with Crippen molar-refractivity contribution in [1.82, 2.24) is 10.6 Å². The fraction of sp³-hybridized carbons (Fsp3) is 1.00. The molecule has 3 atom stereocenters. The molecule has 0 radical (unpaired) electrons. The van der Waals surface area contributed by atoms with Crippen molar-refractivity contribution in [2.24, 2.45) is 11.8 Å². The Labute approximate surface area is 123 Å². The van der Waals surface area contributed by atoms with Gasteiger partial charge in [0.2, 0.25) is 0 Å². The number of nitrogens with one attached hydrogen (secondary N) is 2. The van der Waals surface area contributed by atoms with Gasteiger partial charge in [0.05, 0.1) is 5.60 Å². The molecule has 0 aromatic rings. The van der Waals surface area contributed by atoms with E-state index in [2.05, 4.69) is 17.6 Å². The molecule has 2 aliphatic carbocycles. The van der Waals surface area contributed by atoms with Crippen LogP contribution in [-0.4, -0.2) is 35.9 Å². The van der Waals surface area contributed by atoms with Gasteiger partial charge in [-0.3, -0.25) is 0 Å². The Morgan fingerprint density at radius 1 is 1.10 bits per heavy atom. The maximum atomic E-state index is 10.7. The van der Waals surface area contributed by atoms with Gasteiger partial charge in [0.25, 0.3) is 0 Å². The van der Waals surface area contributed by atoms with Gasteiger partial charge in [-0.1, -0.05) is 13.3 Å². The van der Waals surface area contributed by atoms with Gasteiger partial charge in [-0.15, -0.1) is 0 Å². The van der Waals surface area contributed by atoms with E-state index in [4.69, 9.17) is 0 Å². The average Bonchev–Trinajstić information content (AvgIpc) is 3.10. The maximum absolute atomic E-state index is 10.7. The van der Waals surface area contributed by atoms with Crippen molar-refractivity contribution in [3.05, 3.63) is 0 Å². The first-order valence-corrected chi connectivity index (χ1v) is 8.85. The first-order valence-electron chi connectivity index (χ1n) is 8.85. The predicted molar refractivity (Wildman–Crippen MR) is 82.7 cm³/mol. The van der Waals surface area contributed by atoms with Gasteiger partial charge in [0.15, 0.2) is 0 Å². The molecule has 1 heterocycles. The Morgan fingerprint density at radius 2 is 1.90 bits per heavy atom. The minimum atomic E-state index is -0.428. The SMILES string of the molecule is CC1CCC(O)(CNC2CCCC2C2CCCN2)CC1. The van der Waals surface area contributed by atoms with E-state index in [9.17, 15) is 5.11 Å². The summed E-state index contributed by atoms with van der Waals surface area (Å²) in [5.74, 6) is 1.60. The molecule has 0 spiro atoms. The van der Waals surface area contributed by atoms with Gasteiger partial charge >= 0.3 is 0 Å². The Bertz CT molecular complexity index is 306. The first kappa shape index (κ1) is 14.8. The molecule has 2 saturated carbocycles. The van der Waals surface area contributed by atoms with Crippen LogP contribution < -0.4 is 10.6 Å². The van der Waals surface area contributed by atoms with Crippen LogP contribution in [0, 0.1) is 11.8 Å². The molecule has 20 heavy (non-hydrogen) atoms. The van der Waals surface area contributed by atoms with E-state index in [0.717, 1.165) is 37.3 Å². The van der Waals surface area contributed by atoms with Crippen molar-refractivity contribution in [1.29, 1.82) is 0 Å². The fourth-order valence-corrected chi connectivity index (χ4v) is 4.60. The maximum Gasteiger partial charge on any atom is 0.0771 e. The molecule has 3 aliphatic rings. The molecule has 3 N–H and O–H groups in total. The standard InChI is InChI=1S/C17H32N2O/c1-13-7-9-17(20,10-8-13)12-19-16-5-2-4-14(16)15-6-3-11-18-15/h13-16,18-20H,2-12H2,1H3. The second kappa shape index (κ2) is 6.33.